The topological polar surface area (TPSA) is 116 Å². The van der Waals surface area contributed by atoms with Crippen LogP contribution in [0.1, 0.15) is 6.23 Å². The zero-order valence-electron chi connectivity index (χ0n) is 11.2. The summed E-state index contributed by atoms with van der Waals surface area (Å²) >= 11 is 3.39. The van der Waals surface area contributed by atoms with Crippen LogP contribution >= 0.6 is 15.9 Å². The lowest BCUT2D eigenvalue weighted by Gasteiger charge is -2.17. The van der Waals surface area contributed by atoms with Gasteiger partial charge in [0.2, 0.25) is 0 Å². The van der Waals surface area contributed by atoms with Crippen molar-refractivity contribution in [2.45, 2.75) is 24.5 Å². The molecule has 4 atom stereocenters. The maximum Gasteiger partial charge on any atom is 0.164 e. The van der Waals surface area contributed by atoms with Gasteiger partial charge in [0.25, 0.3) is 0 Å². The number of halogens is 1. The molecule has 3 heterocycles. The van der Waals surface area contributed by atoms with E-state index < -0.39 is 24.5 Å². The van der Waals surface area contributed by atoms with Crippen molar-refractivity contribution in [1.29, 1.82) is 0 Å². The monoisotopic (exact) mass is 358 g/mol. The minimum Gasteiger partial charge on any atom is -0.387 e. The van der Waals surface area contributed by atoms with Crippen LogP contribution in [-0.4, -0.2) is 56.8 Å². The average Bonchev–Trinajstić information content (AvgIpc) is 2.93. The second-order valence-electron chi connectivity index (χ2n) is 4.84. The highest BCUT2D eigenvalue weighted by molar-refractivity contribution is 9.10. The lowest BCUT2D eigenvalue weighted by molar-refractivity contribution is -0.0578. The Morgan fingerprint density at radius 2 is 2.19 bits per heavy atom. The van der Waals surface area contributed by atoms with E-state index >= 15 is 0 Å². The van der Waals surface area contributed by atoms with Gasteiger partial charge in [-0.05, 0) is 15.9 Å². The molecule has 0 aromatic carbocycles. The summed E-state index contributed by atoms with van der Waals surface area (Å²) in [7, 11) is 1.51. The van der Waals surface area contributed by atoms with Gasteiger partial charge >= 0.3 is 0 Å². The first-order valence-electron chi connectivity index (χ1n) is 6.31. The molecule has 8 nitrogen and oxygen atoms in total. The number of methoxy groups -OCH3 is 1. The summed E-state index contributed by atoms with van der Waals surface area (Å²) in [6.07, 6.45) is -0.473. The maximum atomic E-state index is 10.2. The van der Waals surface area contributed by atoms with E-state index in [0.29, 0.717) is 21.3 Å². The van der Waals surface area contributed by atoms with E-state index in [1.807, 2.05) is 0 Å². The summed E-state index contributed by atoms with van der Waals surface area (Å²) in [5.41, 5.74) is 6.36. The standard InChI is InChI=1S/C12H15BrN4O4/c1-20-3-6-8(18)9(19)12(21-6)17-2-5(13)7-10(14)15-4-16-11(7)17/h2,4,6,8-9,12,18-19H,3H2,1H3,(H2,14,15,16)/t6-,8+,9+,12+/m0/s1. The summed E-state index contributed by atoms with van der Waals surface area (Å²) in [5, 5.41) is 20.9. The van der Waals surface area contributed by atoms with Crippen molar-refractivity contribution in [1.82, 2.24) is 14.5 Å². The summed E-state index contributed by atoms with van der Waals surface area (Å²) < 4.78 is 13.0. The highest BCUT2D eigenvalue weighted by Gasteiger charge is 2.44. The zero-order chi connectivity index (χ0) is 15.1. The molecule has 0 unspecified atom stereocenters. The molecule has 1 aliphatic rings. The van der Waals surface area contributed by atoms with Gasteiger partial charge in [-0.2, -0.15) is 0 Å². The number of fused-ring (bicyclic) bond motifs is 1. The molecule has 0 amide bonds. The molecule has 9 heteroatoms. The van der Waals surface area contributed by atoms with E-state index in [1.54, 1.807) is 10.8 Å². The quantitative estimate of drug-likeness (QED) is 0.709. The number of ether oxygens (including phenoxy) is 2. The third-order valence-electron chi connectivity index (χ3n) is 3.53. The van der Waals surface area contributed by atoms with Crippen molar-refractivity contribution >= 4 is 32.8 Å². The second kappa shape index (κ2) is 5.50. The lowest BCUT2D eigenvalue weighted by Crippen LogP contribution is -2.33. The van der Waals surface area contributed by atoms with Crippen LogP contribution in [-0.2, 0) is 9.47 Å². The Hall–Kier alpha value is -1.26. The highest BCUT2D eigenvalue weighted by Crippen LogP contribution is 2.36. The molecule has 2 aromatic heterocycles. The molecular formula is C12H15BrN4O4. The number of hydrogen-bond acceptors (Lipinski definition) is 7. The molecule has 0 spiro atoms. The van der Waals surface area contributed by atoms with E-state index in [1.165, 1.54) is 13.4 Å². The van der Waals surface area contributed by atoms with Crippen molar-refractivity contribution in [3.8, 4) is 0 Å². The van der Waals surface area contributed by atoms with Crippen LogP contribution in [0.5, 0.6) is 0 Å². The van der Waals surface area contributed by atoms with Gasteiger partial charge in [-0.3, -0.25) is 0 Å². The van der Waals surface area contributed by atoms with Gasteiger partial charge in [0.05, 0.1) is 12.0 Å². The molecule has 21 heavy (non-hydrogen) atoms. The smallest absolute Gasteiger partial charge is 0.164 e. The average molecular weight is 359 g/mol. The van der Waals surface area contributed by atoms with Crippen LogP contribution in [0.25, 0.3) is 11.0 Å². The molecule has 1 aliphatic heterocycles. The number of rotatable bonds is 3. The number of nitrogens with zero attached hydrogens (tertiary/aromatic N) is 3. The number of aliphatic hydroxyl groups is 2. The molecule has 114 valence electrons. The highest BCUT2D eigenvalue weighted by atomic mass is 79.9. The second-order valence-corrected chi connectivity index (χ2v) is 5.70. The Morgan fingerprint density at radius 1 is 1.43 bits per heavy atom. The molecule has 0 saturated carbocycles. The summed E-state index contributed by atoms with van der Waals surface area (Å²) in [4.78, 5) is 8.11. The van der Waals surface area contributed by atoms with E-state index in [-0.39, 0.29) is 6.61 Å². The van der Waals surface area contributed by atoms with Crippen LogP contribution in [0.15, 0.2) is 17.0 Å². The minimum absolute atomic E-state index is 0.187. The number of aromatic nitrogens is 3. The van der Waals surface area contributed by atoms with Crippen LogP contribution in [0.4, 0.5) is 5.82 Å². The SMILES string of the molecule is COC[C@@H]1O[C@@H](n2cc(Br)c3c(N)ncnc32)[C@H](O)[C@@H]1O. The molecule has 0 aliphatic carbocycles. The Labute approximate surface area is 128 Å². The van der Waals surface area contributed by atoms with Crippen molar-refractivity contribution in [3.05, 3.63) is 17.0 Å². The number of aliphatic hydroxyl groups excluding tert-OH is 2. The Kier molecular flexibility index (Phi) is 3.84. The van der Waals surface area contributed by atoms with Crippen LogP contribution in [0, 0.1) is 0 Å². The number of nitrogen functional groups attached to an aromatic ring is 1. The van der Waals surface area contributed by atoms with Crippen molar-refractivity contribution in [2.75, 3.05) is 19.5 Å². The normalized spacial score (nSPS) is 29.3. The Morgan fingerprint density at radius 3 is 2.90 bits per heavy atom. The fourth-order valence-corrected chi connectivity index (χ4v) is 3.12. The van der Waals surface area contributed by atoms with E-state index in [4.69, 9.17) is 15.2 Å². The van der Waals surface area contributed by atoms with Gasteiger partial charge in [0.1, 0.15) is 36.1 Å². The predicted octanol–water partition coefficient (Wildman–Crippen LogP) is 0.0416. The van der Waals surface area contributed by atoms with Gasteiger partial charge < -0.3 is 30.0 Å². The van der Waals surface area contributed by atoms with Crippen molar-refractivity contribution in [2.24, 2.45) is 0 Å². The van der Waals surface area contributed by atoms with Crippen LogP contribution < -0.4 is 5.73 Å². The molecule has 0 bridgehead atoms. The third-order valence-corrected chi connectivity index (χ3v) is 4.14. The molecule has 1 fully saturated rings. The van der Waals surface area contributed by atoms with Gasteiger partial charge in [0.15, 0.2) is 6.23 Å². The Balaban J connectivity index is 2.03. The molecule has 2 aromatic rings. The predicted molar refractivity (Wildman–Crippen MR) is 77.4 cm³/mol. The number of hydrogen-bond donors (Lipinski definition) is 3. The van der Waals surface area contributed by atoms with E-state index in [9.17, 15) is 10.2 Å². The first-order valence-corrected chi connectivity index (χ1v) is 7.11. The maximum absolute atomic E-state index is 10.2. The summed E-state index contributed by atoms with van der Waals surface area (Å²) in [6, 6.07) is 0. The lowest BCUT2D eigenvalue weighted by atomic mass is 10.1. The van der Waals surface area contributed by atoms with Crippen LogP contribution in [0.3, 0.4) is 0 Å². The molecular weight excluding hydrogens is 344 g/mol. The Bertz CT molecular complexity index is 664. The molecule has 1 saturated heterocycles. The van der Waals surface area contributed by atoms with Gasteiger partial charge in [-0.25, -0.2) is 9.97 Å². The molecule has 4 N–H and O–H groups in total. The van der Waals surface area contributed by atoms with Crippen molar-refractivity contribution < 1.29 is 19.7 Å². The van der Waals surface area contributed by atoms with E-state index in [2.05, 4.69) is 25.9 Å². The number of nitrogens with two attached hydrogens (primary N) is 1. The van der Waals surface area contributed by atoms with Gasteiger partial charge in [-0.1, -0.05) is 0 Å². The molecule has 0 radical (unpaired) electrons. The summed E-state index contributed by atoms with van der Waals surface area (Å²) in [5.74, 6) is 0.326. The first kappa shape index (κ1) is 14.7. The molecule has 3 rings (SSSR count). The van der Waals surface area contributed by atoms with Crippen LogP contribution in [0.2, 0.25) is 0 Å². The van der Waals surface area contributed by atoms with Crippen molar-refractivity contribution in [3.63, 3.8) is 0 Å². The summed E-state index contributed by atoms with van der Waals surface area (Å²) in [6.45, 7) is 0.187. The fraction of sp³-hybridized carbons (Fsp3) is 0.500. The van der Waals surface area contributed by atoms with Gasteiger partial charge in [0, 0.05) is 17.8 Å². The first-order chi connectivity index (χ1) is 10.0. The fourth-order valence-electron chi connectivity index (χ4n) is 2.52. The number of anilines is 1. The van der Waals surface area contributed by atoms with E-state index in [0.717, 1.165) is 0 Å². The minimum atomic E-state index is -1.09. The third kappa shape index (κ3) is 2.30. The zero-order valence-corrected chi connectivity index (χ0v) is 12.8. The van der Waals surface area contributed by atoms with Gasteiger partial charge in [-0.15, -0.1) is 0 Å². The largest absolute Gasteiger partial charge is 0.387 e.